The van der Waals surface area contributed by atoms with Crippen LogP contribution in [-0.2, 0) is 0 Å². The molecule has 0 nitrogen and oxygen atoms in total. The van der Waals surface area contributed by atoms with Gasteiger partial charge in [-0.3, -0.25) is 0 Å². The van der Waals surface area contributed by atoms with Gasteiger partial charge < -0.3 is 0 Å². The third kappa shape index (κ3) is 13.9. The van der Waals surface area contributed by atoms with Gasteiger partial charge in [0, 0.05) is 0 Å². The third-order valence-corrected chi connectivity index (χ3v) is 3.64. The van der Waals surface area contributed by atoms with Crippen LogP contribution < -0.4 is 0 Å². The molecule has 0 N–H and O–H groups in total. The van der Waals surface area contributed by atoms with Crippen LogP contribution in [0.1, 0.15) is 97.8 Å². The van der Waals surface area contributed by atoms with E-state index in [1.807, 2.05) is 0 Å². The van der Waals surface area contributed by atoms with Gasteiger partial charge in [0.2, 0.25) is 0 Å². The van der Waals surface area contributed by atoms with Crippen molar-refractivity contribution >= 4 is 0 Å². The molecule has 0 aliphatic heterocycles. The maximum Gasteiger partial charge on any atom is -0.0358 e. The fourth-order valence-electron chi connectivity index (χ4n) is 2.34. The highest BCUT2D eigenvalue weighted by molar-refractivity contribution is 4.72. The SMILES string of the molecule is CCCCCCCC[CH]C(C)CCCCCC. The minimum absolute atomic E-state index is 0.850. The zero-order valence-corrected chi connectivity index (χ0v) is 12.6. The Kier molecular flexibility index (Phi) is 14.1. The fourth-order valence-corrected chi connectivity index (χ4v) is 2.34. The number of hydrogen-bond donors (Lipinski definition) is 0. The Morgan fingerprint density at radius 3 is 1.88 bits per heavy atom. The molecule has 0 aliphatic carbocycles. The van der Waals surface area contributed by atoms with Crippen LogP contribution in [0.5, 0.6) is 0 Å². The molecule has 0 saturated heterocycles. The number of rotatable bonds is 13. The van der Waals surface area contributed by atoms with Crippen molar-refractivity contribution in [1.82, 2.24) is 0 Å². The average molecular weight is 239 g/mol. The minimum Gasteiger partial charge on any atom is -0.0654 e. The molecule has 0 aromatic rings. The van der Waals surface area contributed by atoms with E-state index in [0.717, 1.165) is 5.92 Å². The van der Waals surface area contributed by atoms with E-state index in [2.05, 4.69) is 27.2 Å². The van der Waals surface area contributed by atoms with Crippen molar-refractivity contribution < 1.29 is 0 Å². The monoisotopic (exact) mass is 239 g/mol. The van der Waals surface area contributed by atoms with Crippen molar-refractivity contribution in [3.8, 4) is 0 Å². The van der Waals surface area contributed by atoms with Crippen LogP contribution in [-0.4, -0.2) is 0 Å². The summed E-state index contributed by atoms with van der Waals surface area (Å²) in [5.74, 6) is 0.850. The molecule has 0 amide bonds. The van der Waals surface area contributed by atoms with E-state index in [9.17, 15) is 0 Å². The lowest BCUT2D eigenvalue weighted by atomic mass is 9.96. The Labute approximate surface area is 111 Å². The summed E-state index contributed by atoms with van der Waals surface area (Å²) in [6, 6.07) is 0. The fraction of sp³-hybridized carbons (Fsp3) is 0.941. The predicted molar refractivity (Wildman–Crippen MR) is 80.2 cm³/mol. The van der Waals surface area contributed by atoms with Gasteiger partial charge in [0.25, 0.3) is 0 Å². The number of hydrogen-bond acceptors (Lipinski definition) is 0. The molecule has 0 saturated carbocycles. The van der Waals surface area contributed by atoms with Crippen molar-refractivity contribution in [2.45, 2.75) is 97.8 Å². The molecule has 1 atom stereocenters. The Hall–Kier alpha value is 0. The van der Waals surface area contributed by atoms with Gasteiger partial charge in [-0.1, -0.05) is 91.4 Å². The van der Waals surface area contributed by atoms with E-state index >= 15 is 0 Å². The lowest BCUT2D eigenvalue weighted by Crippen LogP contribution is -1.96. The van der Waals surface area contributed by atoms with E-state index in [1.54, 1.807) is 0 Å². The summed E-state index contributed by atoms with van der Waals surface area (Å²) < 4.78 is 0. The summed E-state index contributed by atoms with van der Waals surface area (Å²) in [6.45, 7) is 6.96. The molecule has 1 radical (unpaired) electrons. The lowest BCUT2D eigenvalue weighted by Gasteiger charge is -2.10. The Balaban J connectivity index is 3.08. The molecule has 0 spiro atoms. The van der Waals surface area contributed by atoms with Gasteiger partial charge in [0.05, 0.1) is 0 Å². The second-order valence-corrected chi connectivity index (χ2v) is 5.62. The smallest absolute Gasteiger partial charge is 0.0358 e. The van der Waals surface area contributed by atoms with Gasteiger partial charge in [-0.25, -0.2) is 0 Å². The van der Waals surface area contributed by atoms with Gasteiger partial charge in [-0.15, -0.1) is 0 Å². The second-order valence-electron chi connectivity index (χ2n) is 5.62. The van der Waals surface area contributed by atoms with Gasteiger partial charge in [0.15, 0.2) is 0 Å². The largest absolute Gasteiger partial charge is 0.0654 e. The van der Waals surface area contributed by atoms with Crippen LogP contribution >= 0.6 is 0 Å². The molecular weight excluding hydrogens is 204 g/mol. The van der Waals surface area contributed by atoms with Crippen LogP contribution in [0.4, 0.5) is 0 Å². The first-order chi connectivity index (χ1) is 8.31. The summed E-state index contributed by atoms with van der Waals surface area (Å²) >= 11 is 0. The molecule has 0 rings (SSSR count). The molecule has 0 bridgehead atoms. The van der Waals surface area contributed by atoms with Crippen LogP contribution in [0.3, 0.4) is 0 Å². The summed E-state index contributed by atoms with van der Waals surface area (Å²) in [5, 5.41) is 0. The quantitative estimate of drug-likeness (QED) is 0.320. The van der Waals surface area contributed by atoms with E-state index in [1.165, 1.54) is 77.0 Å². The minimum atomic E-state index is 0.850. The maximum absolute atomic E-state index is 2.56. The Morgan fingerprint density at radius 2 is 1.24 bits per heavy atom. The highest BCUT2D eigenvalue weighted by Gasteiger charge is 2.01. The zero-order chi connectivity index (χ0) is 12.8. The topological polar surface area (TPSA) is 0 Å². The van der Waals surface area contributed by atoms with Crippen LogP contribution in [0, 0.1) is 12.3 Å². The molecule has 0 heterocycles. The standard InChI is InChI=1S/C17H35/c1-4-6-8-10-11-12-14-16-17(3)15-13-9-7-5-2/h16-17H,4-15H2,1-3H3. The van der Waals surface area contributed by atoms with Crippen molar-refractivity contribution in [3.63, 3.8) is 0 Å². The summed E-state index contributed by atoms with van der Waals surface area (Å²) in [5.41, 5.74) is 0. The van der Waals surface area contributed by atoms with Crippen molar-refractivity contribution in [2.24, 2.45) is 5.92 Å². The highest BCUT2D eigenvalue weighted by Crippen LogP contribution is 2.17. The highest BCUT2D eigenvalue weighted by atomic mass is 14.1. The normalized spacial score (nSPS) is 12.9. The molecule has 103 valence electrons. The molecule has 0 aromatic heterocycles. The molecular formula is C17H35. The van der Waals surface area contributed by atoms with E-state index in [4.69, 9.17) is 0 Å². The maximum atomic E-state index is 2.56. The summed E-state index contributed by atoms with van der Waals surface area (Å²) in [4.78, 5) is 0. The van der Waals surface area contributed by atoms with Crippen molar-refractivity contribution in [3.05, 3.63) is 6.42 Å². The van der Waals surface area contributed by atoms with E-state index in [-0.39, 0.29) is 0 Å². The number of unbranched alkanes of at least 4 members (excludes halogenated alkanes) is 9. The van der Waals surface area contributed by atoms with E-state index in [0.29, 0.717) is 0 Å². The Bertz CT molecular complexity index is 128. The first-order valence-corrected chi connectivity index (χ1v) is 8.14. The van der Waals surface area contributed by atoms with Gasteiger partial charge in [-0.2, -0.15) is 0 Å². The van der Waals surface area contributed by atoms with Crippen molar-refractivity contribution in [2.75, 3.05) is 0 Å². The van der Waals surface area contributed by atoms with Crippen LogP contribution in [0.25, 0.3) is 0 Å². The van der Waals surface area contributed by atoms with Gasteiger partial charge in [0.1, 0.15) is 0 Å². The second kappa shape index (κ2) is 14.1. The van der Waals surface area contributed by atoms with Crippen molar-refractivity contribution in [1.29, 1.82) is 0 Å². The van der Waals surface area contributed by atoms with Gasteiger partial charge in [-0.05, 0) is 18.8 Å². The molecule has 0 aromatic carbocycles. The Morgan fingerprint density at radius 1 is 0.706 bits per heavy atom. The third-order valence-electron chi connectivity index (χ3n) is 3.64. The molecule has 1 unspecified atom stereocenters. The first-order valence-electron chi connectivity index (χ1n) is 8.14. The summed E-state index contributed by atoms with van der Waals surface area (Å²) in [7, 11) is 0. The molecule has 0 fully saturated rings. The van der Waals surface area contributed by atoms with Crippen LogP contribution in [0.2, 0.25) is 0 Å². The van der Waals surface area contributed by atoms with E-state index < -0.39 is 0 Å². The summed E-state index contributed by atoms with van der Waals surface area (Å²) in [6.07, 6.45) is 19.5. The first kappa shape index (κ1) is 17.0. The molecule has 17 heavy (non-hydrogen) atoms. The average Bonchev–Trinajstić information content (AvgIpc) is 2.33. The van der Waals surface area contributed by atoms with Crippen LogP contribution in [0.15, 0.2) is 0 Å². The predicted octanol–water partition coefficient (Wildman–Crippen LogP) is 6.55. The molecule has 0 aliphatic rings. The van der Waals surface area contributed by atoms with Gasteiger partial charge >= 0.3 is 0 Å². The lowest BCUT2D eigenvalue weighted by molar-refractivity contribution is 0.512. The molecule has 0 heteroatoms. The zero-order valence-electron chi connectivity index (χ0n) is 12.6.